The zero-order valence-electron chi connectivity index (χ0n) is 20.2. The average molecular weight is 473 g/mol. The van der Waals surface area contributed by atoms with Crippen molar-refractivity contribution in [2.45, 2.75) is 45.1 Å². The monoisotopic (exact) mass is 472 g/mol. The second-order valence-corrected chi connectivity index (χ2v) is 9.70. The lowest BCUT2D eigenvalue weighted by atomic mass is 9.99. The molecule has 0 spiro atoms. The molecule has 0 bridgehead atoms. The first-order valence-electron chi connectivity index (χ1n) is 12.5. The number of rotatable bonds is 5. The standard InChI is InChI=1S/C28H32N4O3/c1-19-6-5-7-20(16-19)27(33)29-21-8-9-25-23(17-21)24(28(34)35)18-26(30-25)32-14-10-22(11-15-32)31-12-3-2-4-13-31/h5-9,16-18,22H,2-4,10-15H2,1H3,(H,29,33)(H,34,35). The minimum absolute atomic E-state index is 0.204. The summed E-state index contributed by atoms with van der Waals surface area (Å²) >= 11 is 0. The number of nitrogens with zero attached hydrogens (tertiary/aromatic N) is 3. The molecule has 0 atom stereocenters. The van der Waals surface area contributed by atoms with Gasteiger partial charge in [-0.3, -0.25) is 4.79 Å². The van der Waals surface area contributed by atoms with E-state index in [4.69, 9.17) is 4.98 Å². The Hall–Kier alpha value is -3.45. The van der Waals surface area contributed by atoms with Crippen molar-refractivity contribution in [3.05, 3.63) is 65.2 Å². The Balaban J connectivity index is 1.36. The molecule has 5 rings (SSSR count). The molecule has 2 aliphatic heterocycles. The van der Waals surface area contributed by atoms with Crippen molar-refractivity contribution in [2.75, 3.05) is 36.4 Å². The number of fused-ring (bicyclic) bond motifs is 1. The average Bonchev–Trinajstić information content (AvgIpc) is 2.88. The smallest absolute Gasteiger partial charge is 0.336 e. The van der Waals surface area contributed by atoms with E-state index in [-0.39, 0.29) is 11.5 Å². The highest BCUT2D eigenvalue weighted by atomic mass is 16.4. The maximum Gasteiger partial charge on any atom is 0.336 e. The maximum atomic E-state index is 12.7. The van der Waals surface area contributed by atoms with Crippen LogP contribution in [-0.2, 0) is 0 Å². The van der Waals surface area contributed by atoms with Gasteiger partial charge in [-0.2, -0.15) is 0 Å². The van der Waals surface area contributed by atoms with Crippen LogP contribution in [0.4, 0.5) is 11.5 Å². The Morgan fingerprint density at radius 3 is 2.46 bits per heavy atom. The molecule has 0 aliphatic carbocycles. The highest BCUT2D eigenvalue weighted by Gasteiger charge is 2.27. The lowest BCUT2D eigenvalue weighted by Gasteiger charge is -2.40. The van der Waals surface area contributed by atoms with Crippen molar-refractivity contribution in [1.29, 1.82) is 0 Å². The summed E-state index contributed by atoms with van der Waals surface area (Å²) in [6.07, 6.45) is 6.08. The summed E-state index contributed by atoms with van der Waals surface area (Å²) in [5.74, 6) is -0.515. The van der Waals surface area contributed by atoms with E-state index >= 15 is 0 Å². The molecule has 182 valence electrons. The molecule has 0 unspecified atom stereocenters. The number of hydrogen-bond donors (Lipinski definition) is 2. The number of hydrogen-bond acceptors (Lipinski definition) is 5. The summed E-state index contributed by atoms with van der Waals surface area (Å²) in [5, 5.41) is 13.4. The van der Waals surface area contributed by atoms with E-state index in [2.05, 4.69) is 15.1 Å². The first kappa shape index (κ1) is 23.3. The zero-order valence-corrected chi connectivity index (χ0v) is 20.2. The van der Waals surface area contributed by atoms with Gasteiger partial charge in [0.2, 0.25) is 0 Å². The van der Waals surface area contributed by atoms with Crippen LogP contribution < -0.4 is 10.2 Å². The van der Waals surface area contributed by atoms with Crippen LogP contribution in [0.5, 0.6) is 0 Å². The quantitative estimate of drug-likeness (QED) is 0.547. The zero-order chi connectivity index (χ0) is 24.4. The number of pyridine rings is 1. The first-order valence-corrected chi connectivity index (χ1v) is 12.5. The van der Waals surface area contributed by atoms with Crippen LogP contribution >= 0.6 is 0 Å². The Morgan fingerprint density at radius 2 is 1.74 bits per heavy atom. The summed E-state index contributed by atoms with van der Waals surface area (Å²) in [6, 6.07) is 14.9. The van der Waals surface area contributed by atoms with Gasteiger partial charge in [0.15, 0.2) is 0 Å². The van der Waals surface area contributed by atoms with Crippen molar-refractivity contribution in [2.24, 2.45) is 0 Å². The normalized spacial score (nSPS) is 17.5. The van der Waals surface area contributed by atoms with Crippen LogP contribution in [0.1, 0.15) is 58.4 Å². The first-order chi connectivity index (χ1) is 17.0. The number of nitrogens with one attached hydrogen (secondary N) is 1. The van der Waals surface area contributed by atoms with Crippen LogP contribution in [0.25, 0.3) is 10.9 Å². The maximum absolute atomic E-state index is 12.7. The molecule has 2 aromatic carbocycles. The second-order valence-electron chi connectivity index (χ2n) is 9.70. The number of carbonyl (C=O) groups excluding carboxylic acids is 1. The number of aryl methyl sites for hydroxylation is 1. The molecule has 2 aliphatic rings. The van der Waals surface area contributed by atoms with E-state index in [0.29, 0.717) is 34.0 Å². The lowest BCUT2D eigenvalue weighted by Crippen LogP contribution is -2.47. The molecule has 3 aromatic rings. The number of amides is 1. The third-order valence-corrected chi connectivity index (χ3v) is 7.26. The lowest BCUT2D eigenvalue weighted by molar-refractivity contribution is 0.0698. The minimum Gasteiger partial charge on any atom is -0.478 e. The van der Waals surface area contributed by atoms with Gasteiger partial charge in [-0.05, 0) is 82.1 Å². The van der Waals surface area contributed by atoms with Crippen LogP contribution in [0.2, 0.25) is 0 Å². The Kier molecular flexibility index (Phi) is 6.68. The van der Waals surface area contributed by atoms with Crippen LogP contribution in [-0.4, -0.2) is 59.1 Å². The van der Waals surface area contributed by atoms with E-state index < -0.39 is 5.97 Å². The van der Waals surface area contributed by atoms with E-state index in [1.807, 2.05) is 25.1 Å². The molecule has 3 heterocycles. The summed E-state index contributed by atoms with van der Waals surface area (Å²) in [5.41, 5.74) is 2.93. The number of carbonyl (C=O) groups is 2. The third-order valence-electron chi connectivity index (χ3n) is 7.26. The van der Waals surface area contributed by atoms with Crippen LogP contribution in [0, 0.1) is 6.92 Å². The molecule has 7 nitrogen and oxygen atoms in total. The predicted octanol–water partition coefficient (Wildman–Crippen LogP) is 4.95. The minimum atomic E-state index is -0.996. The van der Waals surface area contributed by atoms with E-state index in [0.717, 1.165) is 31.5 Å². The molecule has 2 N–H and O–H groups in total. The molecule has 0 saturated carbocycles. The number of carboxylic acid groups (broad SMARTS) is 1. The molecule has 35 heavy (non-hydrogen) atoms. The van der Waals surface area contributed by atoms with Gasteiger partial charge in [-0.15, -0.1) is 0 Å². The van der Waals surface area contributed by atoms with Crippen molar-refractivity contribution in [3.8, 4) is 0 Å². The SMILES string of the molecule is Cc1cccc(C(=O)Nc2ccc3nc(N4CCC(N5CCCCC5)CC4)cc(C(=O)O)c3c2)c1. The largest absolute Gasteiger partial charge is 0.478 e. The molecule has 0 radical (unpaired) electrons. The van der Waals surface area contributed by atoms with Gasteiger partial charge >= 0.3 is 5.97 Å². The fraction of sp³-hybridized carbons (Fsp3) is 0.393. The summed E-state index contributed by atoms with van der Waals surface area (Å²) in [4.78, 5) is 34.5. The highest BCUT2D eigenvalue weighted by molar-refractivity contribution is 6.08. The van der Waals surface area contributed by atoms with Crippen molar-refractivity contribution in [1.82, 2.24) is 9.88 Å². The van der Waals surface area contributed by atoms with E-state index in [1.165, 1.54) is 32.4 Å². The van der Waals surface area contributed by atoms with Crippen molar-refractivity contribution >= 4 is 34.3 Å². The number of anilines is 2. The van der Waals surface area contributed by atoms with Crippen molar-refractivity contribution in [3.63, 3.8) is 0 Å². The predicted molar refractivity (Wildman–Crippen MR) is 138 cm³/mol. The van der Waals surface area contributed by atoms with Gasteiger partial charge in [-0.1, -0.05) is 24.1 Å². The third kappa shape index (κ3) is 5.15. The molecular formula is C28H32N4O3. The fourth-order valence-corrected chi connectivity index (χ4v) is 5.36. The molecule has 2 saturated heterocycles. The number of likely N-dealkylation sites (tertiary alicyclic amines) is 1. The van der Waals surface area contributed by atoms with Gasteiger partial charge in [0, 0.05) is 35.8 Å². The summed E-state index contributed by atoms with van der Waals surface area (Å²) in [7, 11) is 0. The van der Waals surface area contributed by atoms with Crippen LogP contribution in [0.3, 0.4) is 0 Å². The van der Waals surface area contributed by atoms with Gasteiger partial charge in [0.25, 0.3) is 5.91 Å². The molecule has 1 aromatic heterocycles. The van der Waals surface area contributed by atoms with Gasteiger partial charge in [-0.25, -0.2) is 9.78 Å². The molecule has 2 fully saturated rings. The molecule has 7 heteroatoms. The summed E-state index contributed by atoms with van der Waals surface area (Å²) in [6.45, 7) is 6.09. The second kappa shape index (κ2) is 10.0. The van der Waals surface area contributed by atoms with E-state index in [9.17, 15) is 14.7 Å². The Morgan fingerprint density at radius 1 is 0.971 bits per heavy atom. The van der Waals surface area contributed by atoms with Gasteiger partial charge in [0.05, 0.1) is 11.1 Å². The molecular weight excluding hydrogens is 440 g/mol. The van der Waals surface area contributed by atoms with E-state index in [1.54, 1.807) is 30.3 Å². The number of aromatic carboxylic acids is 1. The van der Waals surface area contributed by atoms with Crippen molar-refractivity contribution < 1.29 is 14.7 Å². The highest BCUT2D eigenvalue weighted by Crippen LogP contribution is 2.29. The van der Waals surface area contributed by atoms with Gasteiger partial charge in [0.1, 0.15) is 5.82 Å². The van der Waals surface area contributed by atoms with Crippen LogP contribution in [0.15, 0.2) is 48.5 Å². The summed E-state index contributed by atoms with van der Waals surface area (Å²) < 4.78 is 0. The number of aromatic nitrogens is 1. The Labute approximate surface area is 205 Å². The molecule has 1 amide bonds. The van der Waals surface area contributed by atoms with Gasteiger partial charge < -0.3 is 20.2 Å². The number of benzene rings is 2. The topological polar surface area (TPSA) is 85.8 Å². The fourth-order valence-electron chi connectivity index (χ4n) is 5.36. The number of carboxylic acids is 1. The number of piperidine rings is 2. The Bertz CT molecular complexity index is 1240.